The molecule has 4 rings (SSSR count). The molecule has 2 heterocycles. The van der Waals surface area contributed by atoms with Crippen LogP contribution in [0.15, 0.2) is 24.3 Å². The van der Waals surface area contributed by atoms with Crippen molar-refractivity contribution in [3.05, 3.63) is 45.4 Å². The van der Waals surface area contributed by atoms with Gasteiger partial charge in [-0.05, 0) is 56.7 Å². The van der Waals surface area contributed by atoms with Crippen LogP contribution in [0.25, 0.3) is 0 Å². The number of aromatic nitrogens is 1. The molecule has 1 aromatic heterocycles. The van der Waals surface area contributed by atoms with E-state index in [2.05, 4.69) is 5.32 Å². The molecule has 2 aromatic rings. The Balaban J connectivity index is 1.30. The van der Waals surface area contributed by atoms with Crippen molar-refractivity contribution in [3.8, 4) is 0 Å². The fourth-order valence-corrected chi connectivity index (χ4v) is 6.54. The molecule has 0 radical (unpaired) electrons. The van der Waals surface area contributed by atoms with Crippen molar-refractivity contribution >= 4 is 33.0 Å². The third kappa shape index (κ3) is 4.22. The molecule has 0 bridgehead atoms. The minimum Gasteiger partial charge on any atom is -0.352 e. The number of sulfonamides is 1. The van der Waals surface area contributed by atoms with Gasteiger partial charge in [0.1, 0.15) is 0 Å². The molecule has 28 heavy (non-hydrogen) atoms. The molecule has 150 valence electrons. The van der Waals surface area contributed by atoms with E-state index in [9.17, 15) is 13.2 Å². The minimum atomic E-state index is -3.24. The highest BCUT2D eigenvalue weighted by Crippen LogP contribution is 2.27. The van der Waals surface area contributed by atoms with Gasteiger partial charge >= 0.3 is 0 Å². The lowest BCUT2D eigenvalue weighted by atomic mass is 10.0. The highest BCUT2D eigenvalue weighted by Gasteiger charge is 2.28. The number of carbonyl (C=O) groups is 1. The van der Waals surface area contributed by atoms with Crippen molar-refractivity contribution in [2.75, 3.05) is 23.1 Å². The van der Waals surface area contributed by atoms with Crippen LogP contribution >= 0.6 is 11.3 Å². The summed E-state index contributed by atoms with van der Waals surface area (Å²) in [5.74, 6) is 0.000689. The number of nitrogens with one attached hydrogen (secondary N) is 1. The zero-order chi connectivity index (χ0) is 19.6. The van der Waals surface area contributed by atoms with E-state index in [1.165, 1.54) is 32.7 Å². The first kappa shape index (κ1) is 19.4. The highest BCUT2D eigenvalue weighted by atomic mass is 32.2. The number of aryl methyl sites for hydroxylation is 3. The number of fused-ring (bicyclic) bond motifs is 1. The number of benzene rings is 1. The Bertz CT molecular complexity index is 945. The Morgan fingerprint density at radius 3 is 2.86 bits per heavy atom. The largest absolute Gasteiger partial charge is 0.352 e. The number of nitrogens with zero attached hydrogens (tertiary/aromatic N) is 2. The van der Waals surface area contributed by atoms with Gasteiger partial charge in [-0.2, -0.15) is 0 Å². The number of thiazole rings is 1. The Labute approximate surface area is 170 Å². The van der Waals surface area contributed by atoms with Crippen LogP contribution < -0.4 is 9.62 Å². The summed E-state index contributed by atoms with van der Waals surface area (Å²) in [6.07, 6.45) is 7.12. The van der Waals surface area contributed by atoms with Crippen LogP contribution in [0.4, 0.5) is 5.69 Å². The van der Waals surface area contributed by atoms with Gasteiger partial charge in [-0.15, -0.1) is 11.3 Å². The molecule has 1 saturated heterocycles. The van der Waals surface area contributed by atoms with Crippen molar-refractivity contribution in [3.63, 3.8) is 0 Å². The maximum atomic E-state index is 12.5. The second-order valence-electron chi connectivity index (χ2n) is 7.34. The van der Waals surface area contributed by atoms with Crippen molar-refractivity contribution < 1.29 is 13.2 Å². The maximum absolute atomic E-state index is 12.5. The third-order valence-electron chi connectivity index (χ3n) is 5.24. The molecule has 0 saturated carbocycles. The molecule has 1 N–H and O–H groups in total. The number of carbonyl (C=O) groups excluding carboxylic acids is 1. The smallest absolute Gasteiger partial charge is 0.251 e. The molecule has 1 aliphatic heterocycles. The summed E-state index contributed by atoms with van der Waals surface area (Å²) in [6, 6.07) is 6.85. The van der Waals surface area contributed by atoms with Crippen LogP contribution in [0.5, 0.6) is 0 Å². The molecule has 6 nitrogen and oxygen atoms in total. The second kappa shape index (κ2) is 8.21. The van der Waals surface area contributed by atoms with E-state index < -0.39 is 10.0 Å². The average molecular weight is 420 g/mol. The van der Waals surface area contributed by atoms with Gasteiger partial charge in [0.15, 0.2) is 0 Å². The first-order valence-electron chi connectivity index (χ1n) is 9.89. The van der Waals surface area contributed by atoms with Crippen LogP contribution in [0.1, 0.15) is 51.6 Å². The van der Waals surface area contributed by atoms with Crippen LogP contribution in [-0.4, -0.2) is 38.2 Å². The van der Waals surface area contributed by atoms with Gasteiger partial charge in [-0.3, -0.25) is 9.10 Å². The topological polar surface area (TPSA) is 79.4 Å². The van der Waals surface area contributed by atoms with E-state index in [0.717, 1.165) is 25.7 Å². The van der Waals surface area contributed by atoms with Gasteiger partial charge < -0.3 is 5.32 Å². The van der Waals surface area contributed by atoms with Crippen LogP contribution in [0, 0.1) is 0 Å². The standard InChI is InChI=1S/C20H25N3O3S2/c24-20(15-6-3-7-16(14-15)23-12-5-13-28(23,25)26)21-11-4-10-19-22-17-8-1-2-9-18(17)27-19/h3,6-7,14H,1-2,4-5,8-13H2,(H,21,24). The quantitative estimate of drug-likeness (QED) is 0.730. The lowest BCUT2D eigenvalue weighted by molar-refractivity contribution is 0.0953. The summed E-state index contributed by atoms with van der Waals surface area (Å²) < 4.78 is 25.6. The molecule has 0 spiro atoms. The van der Waals surface area contributed by atoms with Gasteiger partial charge in [0.05, 0.1) is 22.1 Å². The van der Waals surface area contributed by atoms with Gasteiger partial charge in [0, 0.05) is 30.0 Å². The first-order chi connectivity index (χ1) is 13.5. The van der Waals surface area contributed by atoms with E-state index in [-0.39, 0.29) is 11.7 Å². The Kier molecular flexibility index (Phi) is 5.68. The molecule has 1 amide bonds. The molecule has 1 aliphatic carbocycles. The predicted molar refractivity (Wildman–Crippen MR) is 112 cm³/mol. The zero-order valence-corrected chi connectivity index (χ0v) is 17.4. The van der Waals surface area contributed by atoms with Crippen LogP contribution in [0.3, 0.4) is 0 Å². The summed E-state index contributed by atoms with van der Waals surface area (Å²) in [5, 5.41) is 4.11. The maximum Gasteiger partial charge on any atom is 0.251 e. The van der Waals surface area contributed by atoms with Crippen LogP contribution in [-0.2, 0) is 29.3 Å². The summed E-state index contributed by atoms with van der Waals surface area (Å²) in [5.41, 5.74) is 2.34. The van der Waals surface area contributed by atoms with E-state index in [4.69, 9.17) is 4.98 Å². The van der Waals surface area contributed by atoms with Crippen molar-refractivity contribution in [2.45, 2.75) is 44.9 Å². The zero-order valence-electron chi connectivity index (χ0n) is 15.8. The van der Waals surface area contributed by atoms with E-state index in [1.54, 1.807) is 24.3 Å². The first-order valence-corrected chi connectivity index (χ1v) is 12.3. The SMILES string of the molecule is O=C(NCCCc1nc2c(s1)CCCC2)c1cccc(N2CCCS2(=O)=O)c1. The van der Waals surface area contributed by atoms with Gasteiger partial charge in [-0.1, -0.05) is 6.07 Å². The predicted octanol–water partition coefficient (Wildman–Crippen LogP) is 2.92. The molecule has 1 fully saturated rings. The van der Waals surface area contributed by atoms with Gasteiger partial charge in [0.25, 0.3) is 5.91 Å². The summed E-state index contributed by atoms with van der Waals surface area (Å²) >= 11 is 1.82. The van der Waals surface area contributed by atoms with Crippen molar-refractivity contribution in [1.29, 1.82) is 0 Å². The Hall–Kier alpha value is -1.93. The lowest BCUT2D eigenvalue weighted by Crippen LogP contribution is -2.27. The number of amides is 1. The minimum absolute atomic E-state index is 0.170. The molecule has 0 atom stereocenters. The van der Waals surface area contributed by atoms with E-state index in [0.29, 0.717) is 30.8 Å². The molecule has 8 heteroatoms. The summed E-state index contributed by atoms with van der Waals surface area (Å²) in [4.78, 5) is 18.6. The normalized spacial score (nSPS) is 18.1. The number of rotatable bonds is 6. The van der Waals surface area contributed by atoms with Gasteiger partial charge in [0.2, 0.25) is 10.0 Å². The lowest BCUT2D eigenvalue weighted by Gasteiger charge is -2.17. The van der Waals surface area contributed by atoms with E-state index in [1.807, 2.05) is 11.3 Å². The Morgan fingerprint density at radius 1 is 1.21 bits per heavy atom. The fourth-order valence-electron chi connectivity index (χ4n) is 3.79. The van der Waals surface area contributed by atoms with Gasteiger partial charge in [-0.25, -0.2) is 13.4 Å². The molecular formula is C20H25N3O3S2. The molecule has 1 aromatic carbocycles. The summed E-state index contributed by atoms with van der Waals surface area (Å²) in [6.45, 7) is 1.06. The number of hydrogen-bond acceptors (Lipinski definition) is 5. The number of hydrogen-bond donors (Lipinski definition) is 1. The van der Waals surface area contributed by atoms with Crippen molar-refractivity contribution in [1.82, 2.24) is 10.3 Å². The second-order valence-corrected chi connectivity index (χ2v) is 10.5. The molecule has 0 unspecified atom stereocenters. The number of anilines is 1. The van der Waals surface area contributed by atoms with E-state index >= 15 is 0 Å². The average Bonchev–Trinajstić information content (AvgIpc) is 3.27. The summed E-state index contributed by atoms with van der Waals surface area (Å²) in [7, 11) is -3.24. The highest BCUT2D eigenvalue weighted by molar-refractivity contribution is 7.93. The van der Waals surface area contributed by atoms with Crippen LogP contribution in [0.2, 0.25) is 0 Å². The van der Waals surface area contributed by atoms with Crippen molar-refractivity contribution in [2.24, 2.45) is 0 Å². The molecule has 2 aliphatic rings. The monoisotopic (exact) mass is 419 g/mol. The molecular weight excluding hydrogens is 394 g/mol. The Morgan fingerprint density at radius 2 is 2.07 bits per heavy atom. The fraction of sp³-hybridized carbons (Fsp3) is 0.500. The third-order valence-corrected chi connectivity index (χ3v) is 8.33.